The number of rotatable bonds is 9. The summed E-state index contributed by atoms with van der Waals surface area (Å²) in [4.78, 5) is 36.8. The zero-order valence-electron chi connectivity index (χ0n) is 19.5. The lowest BCUT2D eigenvalue weighted by atomic mass is 10.1. The highest BCUT2D eigenvalue weighted by atomic mass is 16.5. The third-order valence-corrected chi connectivity index (χ3v) is 5.42. The molecule has 3 aromatic rings. The number of hydrogen-bond acceptors (Lipinski definition) is 7. The van der Waals surface area contributed by atoms with E-state index in [1.807, 2.05) is 0 Å². The van der Waals surface area contributed by atoms with Gasteiger partial charge in [-0.15, -0.1) is 0 Å². The quantitative estimate of drug-likeness (QED) is 0.437. The van der Waals surface area contributed by atoms with Crippen LogP contribution in [0.4, 0.5) is 0 Å². The van der Waals surface area contributed by atoms with Crippen molar-refractivity contribution in [3.8, 4) is 23.0 Å². The molecule has 9 nitrogen and oxygen atoms in total. The van der Waals surface area contributed by atoms with Gasteiger partial charge >= 0.3 is 5.97 Å². The van der Waals surface area contributed by atoms with Gasteiger partial charge in [0.05, 0.1) is 19.8 Å². The number of amides is 1. The topological polar surface area (TPSA) is 120 Å². The molecule has 1 amide bonds. The number of nitrogens with one attached hydrogen (secondary N) is 1. The Bertz CT molecular complexity index is 1330. The number of Topliss-reactive ketones (excluding diaryl/α,β-unsaturated/α-hetero) is 1. The van der Waals surface area contributed by atoms with Gasteiger partial charge in [-0.2, -0.15) is 0 Å². The van der Waals surface area contributed by atoms with Crippen molar-refractivity contribution in [1.29, 1.82) is 0 Å². The third kappa shape index (κ3) is 5.30. The first-order valence-electron chi connectivity index (χ1n) is 10.9. The second-order valence-corrected chi connectivity index (χ2v) is 7.74. The van der Waals surface area contributed by atoms with E-state index in [4.69, 9.17) is 18.9 Å². The van der Waals surface area contributed by atoms with Gasteiger partial charge in [0.15, 0.2) is 18.4 Å². The lowest BCUT2D eigenvalue weighted by Gasteiger charge is -2.15. The molecule has 1 atom stereocenters. The summed E-state index contributed by atoms with van der Waals surface area (Å²) in [6.45, 7) is -0.424. The van der Waals surface area contributed by atoms with Crippen LogP contribution in [0.25, 0.3) is 6.08 Å². The third-order valence-electron chi connectivity index (χ3n) is 5.42. The Labute approximate surface area is 206 Å². The summed E-state index contributed by atoms with van der Waals surface area (Å²) in [5, 5.41) is 11.9. The van der Waals surface area contributed by atoms with Crippen LogP contribution in [-0.2, 0) is 9.59 Å². The minimum atomic E-state index is -1.20. The predicted molar refractivity (Wildman–Crippen MR) is 129 cm³/mol. The van der Waals surface area contributed by atoms with Gasteiger partial charge in [0, 0.05) is 11.6 Å². The smallest absolute Gasteiger partial charge is 0.330 e. The highest BCUT2D eigenvalue weighted by Gasteiger charge is 2.28. The SMILES string of the molecule is COc1ccc(OC)c(C=C2Oc3cc(OCC(=O)N[C@H](C(=O)O)c4ccccc4)ccc3C2=O)c1. The largest absolute Gasteiger partial charge is 0.497 e. The maximum absolute atomic E-state index is 12.8. The molecule has 2 N–H and O–H groups in total. The van der Waals surface area contributed by atoms with Crippen molar-refractivity contribution in [2.24, 2.45) is 0 Å². The molecule has 0 bridgehead atoms. The van der Waals surface area contributed by atoms with Crippen molar-refractivity contribution >= 4 is 23.7 Å². The first-order chi connectivity index (χ1) is 17.4. The predicted octanol–water partition coefficient (Wildman–Crippen LogP) is 3.64. The summed E-state index contributed by atoms with van der Waals surface area (Å²) < 4.78 is 21.9. The number of ether oxygens (including phenoxy) is 4. The monoisotopic (exact) mass is 489 g/mol. The molecule has 3 aromatic carbocycles. The van der Waals surface area contributed by atoms with E-state index in [9.17, 15) is 19.5 Å². The van der Waals surface area contributed by atoms with Crippen molar-refractivity contribution in [2.45, 2.75) is 6.04 Å². The average Bonchev–Trinajstić information content (AvgIpc) is 3.20. The maximum atomic E-state index is 12.8. The van der Waals surface area contributed by atoms with Crippen molar-refractivity contribution in [3.63, 3.8) is 0 Å². The number of carbonyl (C=O) groups is 3. The summed E-state index contributed by atoms with van der Waals surface area (Å²) in [5.41, 5.74) is 1.39. The molecule has 0 spiro atoms. The van der Waals surface area contributed by atoms with Crippen LogP contribution < -0.4 is 24.3 Å². The van der Waals surface area contributed by atoms with Crippen molar-refractivity contribution in [2.75, 3.05) is 20.8 Å². The normalized spacial score (nSPS) is 13.9. The Balaban J connectivity index is 1.44. The fourth-order valence-corrected chi connectivity index (χ4v) is 3.64. The average molecular weight is 489 g/mol. The van der Waals surface area contributed by atoms with Crippen molar-refractivity contribution in [3.05, 3.63) is 89.2 Å². The number of carbonyl (C=O) groups excluding carboxylic acids is 2. The molecule has 0 aromatic heterocycles. The van der Waals surface area contributed by atoms with E-state index in [0.29, 0.717) is 28.2 Å². The highest BCUT2D eigenvalue weighted by molar-refractivity contribution is 6.14. The first-order valence-corrected chi connectivity index (χ1v) is 10.9. The zero-order chi connectivity index (χ0) is 25.7. The van der Waals surface area contributed by atoms with Gasteiger partial charge in [0.1, 0.15) is 23.0 Å². The Morgan fingerprint density at radius 2 is 1.75 bits per heavy atom. The molecule has 0 saturated carbocycles. The van der Waals surface area contributed by atoms with Gasteiger partial charge in [0.2, 0.25) is 5.78 Å². The first kappa shape index (κ1) is 24.3. The second-order valence-electron chi connectivity index (χ2n) is 7.74. The fraction of sp³-hybridized carbons (Fsp3) is 0.148. The second kappa shape index (κ2) is 10.6. The molecule has 0 aliphatic carbocycles. The molecule has 184 valence electrons. The molecule has 1 aliphatic heterocycles. The van der Waals surface area contributed by atoms with Gasteiger partial charge in [-0.1, -0.05) is 30.3 Å². The van der Waals surface area contributed by atoms with Gasteiger partial charge in [-0.05, 0) is 42.0 Å². The number of carboxylic acid groups (broad SMARTS) is 1. The summed E-state index contributed by atoms with van der Waals surface area (Å²) in [6, 6.07) is 16.9. The number of carboxylic acids is 1. The van der Waals surface area contributed by atoms with Crippen LogP contribution in [0, 0.1) is 0 Å². The zero-order valence-corrected chi connectivity index (χ0v) is 19.5. The van der Waals surface area contributed by atoms with E-state index in [2.05, 4.69) is 5.32 Å². The standard InChI is InChI=1S/C27H23NO8/c1-33-18-9-11-21(34-2)17(12-18)13-23-26(30)20-10-8-19(14-22(20)36-23)35-15-24(29)28-25(27(31)32)16-6-4-3-5-7-16/h3-14,25H,15H2,1-2H3,(H,28,29)(H,31,32)/t25-/m0/s1. The van der Waals surface area contributed by atoms with Crippen molar-refractivity contribution in [1.82, 2.24) is 5.32 Å². The Morgan fingerprint density at radius 3 is 2.44 bits per heavy atom. The molecule has 1 aliphatic rings. The molecule has 1 heterocycles. The number of methoxy groups -OCH3 is 2. The number of aliphatic carboxylic acids is 1. The Hall–Kier alpha value is -4.79. The van der Waals surface area contributed by atoms with E-state index >= 15 is 0 Å². The van der Waals surface area contributed by atoms with Crippen LogP contribution in [0.3, 0.4) is 0 Å². The van der Waals surface area contributed by atoms with E-state index in [0.717, 1.165) is 0 Å². The molecular formula is C27H23NO8. The molecule has 0 radical (unpaired) electrons. The van der Waals surface area contributed by atoms with Gasteiger partial charge in [-0.25, -0.2) is 4.79 Å². The van der Waals surface area contributed by atoms with Crippen LogP contribution in [-0.4, -0.2) is 43.6 Å². The van der Waals surface area contributed by atoms with Gasteiger partial charge in [0.25, 0.3) is 5.91 Å². The lowest BCUT2D eigenvalue weighted by Crippen LogP contribution is -2.36. The minimum Gasteiger partial charge on any atom is -0.497 e. The molecule has 4 rings (SSSR count). The van der Waals surface area contributed by atoms with Crippen LogP contribution in [0.15, 0.2) is 72.5 Å². The number of fused-ring (bicyclic) bond motifs is 1. The number of allylic oxidation sites excluding steroid dienone is 1. The van der Waals surface area contributed by atoms with Gasteiger partial charge < -0.3 is 29.4 Å². The van der Waals surface area contributed by atoms with E-state index in [1.165, 1.54) is 26.4 Å². The Morgan fingerprint density at radius 1 is 1.00 bits per heavy atom. The van der Waals surface area contributed by atoms with Crippen LogP contribution >= 0.6 is 0 Å². The number of ketones is 1. The molecule has 0 saturated heterocycles. The Kier molecular flexibility index (Phi) is 7.20. The molecule has 0 unspecified atom stereocenters. The molecular weight excluding hydrogens is 466 g/mol. The maximum Gasteiger partial charge on any atom is 0.330 e. The highest BCUT2D eigenvalue weighted by Crippen LogP contribution is 2.36. The van der Waals surface area contributed by atoms with Crippen LogP contribution in [0.5, 0.6) is 23.0 Å². The fourth-order valence-electron chi connectivity index (χ4n) is 3.64. The summed E-state index contributed by atoms with van der Waals surface area (Å²) in [5.74, 6) is -0.328. The molecule has 0 fully saturated rings. The number of hydrogen-bond donors (Lipinski definition) is 2. The van der Waals surface area contributed by atoms with E-state index in [1.54, 1.807) is 60.7 Å². The number of benzene rings is 3. The summed E-state index contributed by atoms with van der Waals surface area (Å²) in [6.07, 6.45) is 1.56. The minimum absolute atomic E-state index is 0.0959. The van der Waals surface area contributed by atoms with E-state index < -0.39 is 24.5 Å². The summed E-state index contributed by atoms with van der Waals surface area (Å²) >= 11 is 0. The van der Waals surface area contributed by atoms with Crippen molar-refractivity contribution < 1.29 is 38.4 Å². The van der Waals surface area contributed by atoms with Gasteiger partial charge in [-0.3, -0.25) is 9.59 Å². The summed E-state index contributed by atoms with van der Waals surface area (Å²) in [7, 11) is 3.06. The molecule has 9 heteroatoms. The van der Waals surface area contributed by atoms with Crippen LogP contribution in [0.2, 0.25) is 0 Å². The lowest BCUT2D eigenvalue weighted by molar-refractivity contribution is -0.142. The van der Waals surface area contributed by atoms with E-state index in [-0.39, 0.29) is 23.0 Å². The molecule has 36 heavy (non-hydrogen) atoms. The van der Waals surface area contributed by atoms with Crippen LogP contribution in [0.1, 0.15) is 27.5 Å².